The van der Waals surface area contributed by atoms with Gasteiger partial charge in [0.2, 0.25) is 5.91 Å². The van der Waals surface area contributed by atoms with E-state index < -0.39 is 0 Å². The lowest BCUT2D eigenvalue weighted by Crippen LogP contribution is -2.33. The predicted octanol–water partition coefficient (Wildman–Crippen LogP) is 3.19. The third-order valence-corrected chi connectivity index (χ3v) is 4.37. The van der Waals surface area contributed by atoms with Crippen LogP contribution in [0.4, 0.5) is 0 Å². The average Bonchev–Trinajstić information content (AvgIpc) is 3.07. The van der Waals surface area contributed by atoms with Crippen molar-refractivity contribution in [1.29, 1.82) is 0 Å². The van der Waals surface area contributed by atoms with E-state index in [0.29, 0.717) is 6.54 Å². The zero-order valence-electron chi connectivity index (χ0n) is 13.7. The van der Waals surface area contributed by atoms with Gasteiger partial charge in [0.1, 0.15) is 5.75 Å². The smallest absolute Gasteiger partial charge is 0.244 e. The number of hydrogen-bond donors (Lipinski definition) is 1. The Morgan fingerprint density at radius 3 is 2.61 bits per heavy atom. The van der Waals surface area contributed by atoms with Crippen LogP contribution in [-0.2, 0) is 4.79 Å². The number of ether oxygens (including phenoxy) is 1. The Balaban J connectivity index is 1.95. The molecule has 2 rings (SSSR count). The van der Waals surface area contributed by atoms with E-state index >= 15 is 0 Å². The fourth-order valence-electron chi connectivity index (χ4n) is 2.22. The highest BCUT2D eigenvalue weighted by atomic mass is 32.1. The zero-order valence-corrected chi connectivity index (χ0v) is 14.5. The number of rotatable bonds is 7. The van der Waals surface area contributed by atoms with Crippen LogP contribution in [0.2, 0.25) is 0 Å². The third kappa shape index (κ3) is 5.23. The van der Waals surface area contributed by atoms with E-state index in [2.05, 4.69) is 10.2 Å². The van der Waals surface area contributed by atoms with Gasteiger partial charge in [-0.15, -0.1) is 11.3 Å². The molecule has 0 unspecified atom stereocenters. The van der Waals surface area contributed by atoms with E-state index in [1.807, 2.05) is 61.9 Å². The number of thiophene rings is 1. The second-order valence-corrected chi connectivity index (χ2v) is 6.33. The van der Waals surface area contributed by atoms with Crippen LogP contribution in [0.5, 0.6) is 5.75 Å². The van der Waals surface area contributed by atoms with Gasteiger partial charge in [0.05, 0.1) is 13.2 Å². The summed E-state index contributed by atoms with van der Waals surface area (Å²) < 4.78 is 5.18. The van der Waals surface area contributed by atoms with Crippen LogP contribution >= 0.6 is 11.3 Å². The molecule has 1 amide bonds. The summed E-state index contributed by atoms with van der Waals surface area (Å²) in [6.07, 6.45) is 3.41. The van der Waals surface area contributed by atoms with Gasteiger partial charge in [0.15, 0.2) is 0 Å². The van der Waals surface area contributed by atoms with Crippen molar-refractivity contribution in [2.75, 3.05) is 27.7 Å². The molecule has 0 aliphatic rings. The highest BCUT2D eigenvalue weighted by molar-refractivity contribution is 7.10. The summed E-state index contributed by atoms with van der Waals surface area (Å²) >= 11 is 1.61. The molecule has 0 aliphatic heterocycles. The number of likely N-dealkylation sites (N-methyl/N-ethyl adjacent to an activating group) is 1. The van der Waals surface area contributed by atoms with E-state index in [4.69, 9.17) is 4.74 Å². The van der Waals surface area contributed by atoms with Gasteiger partial charge in [-0.2, -0.15) is 0 Å². The van der Waals surface area contributed by atoms with Gasteiger partial charge in [0, 0.05) is 17.5 Å². The third-order valence-electron chi connectivity index (χ3n) is 3.54. The maximum atomic E-state index is 12.0. The Kier molecular flexibility index (Phi) is 6.38. The summed E-state index contributed by atoms with van der Waals surface area (Å²) in [5, 5.41) is 4.95. The first-order valence-corrected chi connectivity index (χ1v) is 8.28. The molecule has 2 aromatic rings. The number of amides is 1. The Morgan fingerprint density at radius 1 is 1.30 bits per heavy atom. The van der Waals surface area contributed by atoms with Crippen LogP contribution in [0.1, 0.15) is 16.5 Å². The van der Waals surface area contributed by atoms with Gasteiger partial charge < -0.3 is 15.0 Å². The van der Waals surface area contributed by atoms with Crippen LogP contribution in [0, 0.1) is 0 Å². The molecule has 0 fully saturated rings. The van der Waals surface area contributed by atoms with Gasteiger partial charge in [-0.1, -0.05) is 18.2 Å². The summed E-state index contributed by atoms with van der Waals surface area (Å²) in [5.41, 5.74) is 1.14. The van der Waals surface area contributed by atoms with Crippen LogP contribution in [0.3, 0.4) is 0 Å². The predicted molar refractivity (Wildman–Crippen MR) is 95.8 cm³/mol. The van der Waals surface area contributed by atoms with Crippen molar-refractivity contribution in [3.63, 3.8) is 0 Å². The molecular weight excluding hydrogens is 308 g/mol. The van der Waals surface area contributed by atoms with Crippen LogP contribution < -0.4 is 10.1 Å². The Hall–Kier alpha value is -2.11. The quantitative estimate of drug-likeness (QED) is 0.793. The highest BCUT2D eigenvalue weighted by Crippen LogP contribution is 2.20. The molecular formula is C18H22N2O2S. The van der Waals surface area contributed by atoms with Gasteiger partial charge in [-0.05, 0) is 49.3 Å². The van der Waals surface area contributed by atoms with Crippen molar-refractivity contribution in [3.05, 3.63) is 58.3 Å². The van der Waals surface area contributed by atoms with E-state index in [1.54, 1.807) is 24.5 Å². The molecule has 0 saturated carbocycles. The first-order valence-electron chi connectivity index (χ1n) is 7.40. The van der Waals surface area contributed by atoms with Gasteiger partial charge in [0.25, 0.3) is 0 Å². The van der Waals surface area contributed by atoms with Crippen LogP contribution in [0.15, 0.2) is 47.9 Å². The number of nitrogens with one attached hydrogen (secondary N) is 1. The summed E-state index contributed by atoms with van der Waals surface area (Å²) in [5.74, 6) is 0.743. The SMILES string of the molecule is COc1ccc([C@@H](CNC(=O)/C=C/c2cccs2)N(C)C)cc1. The first kappa shape index (κ1) is 17.2. The van der Waals surface area contributed by atoms with Crippen LogP contribution in [0.25, 0.3) is 6.08 Å². The van der Waals surface area contributed by atoms with Crippen molar-refractivity contribution < 1.29 is 9.53 Å². The van der Waals surface area contributed by atoms with Crippen molar-refractivity contribution in [3.8, 4) is 5.75 Å². The molecule has 23 heavy (non-hydrogen) atoms. The summed E-state index contributed by atoms with van der Waals surface area (Å²) in [6.45, 7) is 0.549. The second kappa shape index (κ2) is 8.50. The standard InChI is InChI=1S/C18H22N2O2S/c1-20(2)17(14-6-8-15(22-3)9-7-14)13-19-18(21)11-10-16-5-4-12-23-16/h4-12,17H,13H2,1-3H3,(H,19,21)/b11-10+/t17-/m1/s1. The monoisotopic (exact) mass is 330 g/mol. The minimum Gasteiger partial charge on any atom is -0.497 e. The second-order valence-electron chi connectivity index (χ2n) is 5.35. The molecule has 0 saturated heterocycles. The van der Waals surface area contributed by atoms with Crippen LogP contribution in [-0.4, -0.2) is 38.6 Å². The number of methoxy groups -OCH3 is 1. The van der Waals surface area contributed by atoms with E-state index in [1.165, 1.54) is 0 Å². The fourth-order valence-corrected chi connectivity index (χ4v) is 2.84. The number of carbonyl (C=O) groups excluding carboxylic acids is 1. The molecule has 122 valence electrons. The maximum absolute atomic E-state index is 12.0. The lowest BCUT2D eigenvalue weighted by atomic mass is 10.1. The number of hydrogen-bond acceptors (Lipinski definition) is 4. The lowest BCUT2D eigenvalue weighted by molar-refractivity contribution is -0.116. The summed E-state index contributed by atoms with van der Waals surface area (Å²) in [7, 11) is 5.66. The molecule has 1 heterocycles. The van der Waals surface area contributed by atoms with Gasteiger partial charge in [-0.3, -0.25) is 4.79 Å². The Labute approximate surface area is 141 Å². The molecule has 0 bridgehead atoms. The lowest BCUT2D eigenvalue weighted by Gasteiger charge is -2.25. The minimum atomic E-state index is -0.0845. The molecule has 0 spiro atoms. The van der Waals surface area contributed by atoms with E-state index in [0.717, 1.165) is 16.2 Å². The number of benzene rings is 1. The van der Waals surface area contributed by atoms with Crippen molar-refractivity contribution in [2.24, 2.45) is 0 Å². The molecule has 1 aromatic heterocycles. The molecule has 0 aliphatic carbocycles. The van der Waals surface area contributed by atoms with Crippen molar-refractivity contribution >= 4 is 23.3 Å². The zero-order chi connectivity index (χ0) is 16.7. The molecule has 5 heteroatoms. The first-order chi connectivity index (χ1) is 11.1. The normalized spacial score (nSPS) is 12.5. The molecule has 4 nitrogen and oxygen atoms in total. The van der Waals surface area contributed by atoms with E-state index in [-0.39, 0.29) is 11.9 Å². The van der Waals surface area contributed by atoms with Crippen molar-refractivity contribution in [2.45, 2.75) is 6.04 Å². The minimum absolute atomic E-state index is 0.0845. The van der Waals surface area contributed by atoms with Gasteiger partial charge in [-0.25, -0.2) is 0 Å². The molecule has 1 N–H and O–H groups in total. The maximum Gasteiger partial charge on any atom is 0.244 e. The molecule has 0 radical (unpaired) electrons. The Morgan fingerprint density at radius 2 is 2.04 bits per heavy atom. The van der Waals surface area contributed by atoms with Gasteiger partial charge >= 0.3 is 0 Å². The summed E-state index contributed by atoms with van der Waals surface area (Å²) in [4.78, 5) is 15.1. The topological polar surface area (TPSA) is 41.6 Å². The fraction of sp³-hybridized carbons (Fsp3) is 0.278. The molecule has 1 aromatic carbocycles. The van der Waals surface area contributed by atoms with Crippen molar-refractivity contribution in [1.82, 2.24) is 10.2 Å². The Bertz CT molecular complexity index is 634. The highest BCUT2D eigenvalue weighted by Gasteiger charge is 2.14. The summed E-state index contributed by atoms with van der Waals surface area (Å²) in [6, 6.07) is 12.0. The molecule has 1 atom stereocenters. The number of carbonyl (C=O) groups is 1. The number of nitrogens with zero attached hydrogens (tertiary/aromatic N) is 1. The average molecular weight is 330 g/mol. The van der Waals surface area contributed by atoms with E-state index in [9.17, 15) is 4.79 Å². The largest absolute Gasteiger partial charge is 0.497 e.